The molecule has 3 nitrogen and oxygen atoms in total. The van der Waals surface area contributed by atoms with Crippen LogP contribution in [-0.4, -0.2) is 19.4 Å². The molecule has 0 atom stereocenters. The van der Waals surface area contributed by atoms with E-state index in [1.165, 1.54) is 31.4 Å². The van der Waals surface area contributed by atoms with Crippen molar-refractivity contribution in [2.24, 2.45) is 0 Å². The zero-order chi connectivity index (χ0) is 17.0. The first-order valence-corrected chi connectivity index (χ1v) is 7.20. The maximum Gasteiger partial charge on any atom is 0.417 e. The molecule has 0 saturated carbocycles. The normalized spacial score (nSPS) is 11.1. The maximum absolute atomic E-state index is 13.2. The van der Waals surface area contributed by atoms with Crippen LogP contribution in [0.5, 0.6) is 0 Å². The molecule has 0 unspecified atom stereocenters. The van der Waals surface area contributed by atoms with Gasteiger partial charge in [-0.25, -0.2) is 4.79 Å². The lowest BCUT2D eigenvalue weighted by atomic mass is 10.1. The van der Waals surface area contributed by atoms with Gasteiger partial charge in [-0.05, 0) is 18.2 Å². The molecule has 0 spiro atoms. The summed E-state index contributed by atoms with van der Waals surface area (Å²) in [5.74, 6) is -0.662. The van der Waals surface area contributed by atoms with Crippen molar-refractivity contribution in [2.45, 2.75) is 16.0 Å². The molecular weight excluding hydrogens is 329 g/mol. The van der Waals surface area contributed by atoms with Crippen molar-refractivity contribution in [3.8, 4) is 0 Å². The summed E-state index contributed by atoms with van der Waals surface area (Å²) in [6.07, 6.45) is -4.25. The third-order valence-electron chi connectivity index (χ3n) is 2.98. The summed E-state index contributed by atoms with van der Waals surface area (Å²) in [4.78, 5) is 22.9. The van der Waals surface area contributed by atoms with E-state index in [-0.39, 0.29) is 20.9 Å². The van der Waals surface area contributed by atoms with Crippen LogP contribution in [0.1, 0.15) is 26.3 Å². The van der Waals surface area contributed by atoms with E-state index in [1.54, 1.807) is 12.1 Å². The zero-order valence-corrected chi connectivity index (χ0v) is 12.7. The van der Waals surface area contributed by atoms with Gasteiger partial charge in [0.05, 0.1) is 18.2 Å². The molecule has 0 aliphatic carbocycles. The lowest BCUT2D eigenvalue weighted by Crippen LogP contribution is -2.09. The Hall–Kier alpha value is -2.28. The topological polar surface area (TPSA) is 43.4 Å². The van der Waals surface area contributed by atoms with Gasteiger partial charge < -0.3 is 4.74 Å². The Morgan fingerprint density at radius 3 is 2.43 bits per heavy atom. The number of carbonyl (C=O) groups is 2. The maximum atomic E-state index is 13.2. The number of hydrogen-bond donors (Lipinski definition) is 0. The van der Waals surface area contributed by atoms with Crippen LogP contribution in [0.2, 0.25) is 0 Å². The van der Waals surface area contributed by atoms with Crippen LogP contribution >= 0.6 is 11.8 Å². The van der Waals surface area contributed by atoms with Gasteiger partial charge in [-0.3, -0.25) is 4.79 Å². The highest BCUT2D eigenvalue weighted by atomic mass is 32.2. The van der Waals surface area contributed by atoms with Gasteiger partial charge in [0.15, 0.2) is 6.29 Å². The number of benzene rings is 2. The summed E-state index contributed by atoms with van der Waals surface area (Å²) >= 11 is 0.711. The molecule has 7 heteroatoms. The predicted molar refractivity (Wildman–Crippen MR) is 78.7 cm³/mol. The largest absolute Gasteiger partial charge is 0.465 e. The molecule has 0 heterocycles. The molecule has 2 aromatic carbocycles. The van der Waals surface area contributed by atoms with Crippen LogP contribution in [0.4, 0.5) is 13.2 Å². The van der Waals surface area contributed by atoms with Crippen molar-refractivity contribution in [1.29, 1.82) is 0 Å². The number of ether oxygens (including phenoxy) is 1. The highest BCUT2D eigenvalue weighted by molar-refractivity contribution is 7.99. The second kappa shape index (κ2) is 6.87. The molecule has 23 heavy (non-hydrogen) atoms. The quantitative estimate of drug-likeness (QED) is 0.609. The van der Waals surface area contributed by atoms with Crippen molar-refractivity contribution in [2.75, 3.05) is 7.11 Å². The number of carbonyl (C=O) groups excluding carboxylic acids is 2. The highest BCUT2D eigenvalue weighted by Gasteiger charge is 2.34. The van der Waals surface area contributed by atoms with Crippen LogP contribution in [0.25, 0.3) is 0 Å². The Balaban J connectivity index is 2.57. The van der Waals surface area contributed by atoms with Gasteiger partial charge in [0.25, 0.3) is 0 Å². The Labute approximate surface area is 134 Å². The first kappa shape index (κ1) is 17.1. The SMILES string of the molecule is COC(=O)c1ccccc1Sc1c(C=O)cccc1C(F)(F)F. The second-order valence-electron chi connectivity index (χ2n) is 4.43. The predicted octanol–water partition coefficient (Wildman–Crippen LogP) is 4.46. The van der Waals surface area contributed by atoms with E-state index in [0.29, 0.717) is 18.0 Å². The van der Waals surface area contributed by atoms with Crippen molar-refractivity contribution >= 4 is 24.0 Å². The van der Waals surface area contributed by atoms with Gasteiger partial charge in [0.1, 0.15) is 0 Å². The number of rotatable bonds is 4. The summed E-state index contributed by atoms with van der Waals surface area (Å²) in [6.45, 7) is 0. The molecule has 0 aromatic heterocycles. The minimum atomic E-state index is -4.61. The molecule has 2 aromatic rings. The molecule has 120 valence electrons. The summed E-state index contributed by atoms with van der Waals surface area (Å²) in [5.41, 5.74) is -0.884. The minimum absolute atomic E-state index is 0.0931. The van der Waals surface area contributed by atoms with Crippen molar-refractivity contribution in [3.05, 3.63) is 59.2 Å². The molecular formula is C16H11F3O3S. The first-order chi connectivity index (χ1) is 10.9. The van der Waals surface area contributed by atoms with E-state index in [0.717, 1.165) is 6.07 Å². The summed E-state index contributed by atoms with van der Waals surface area (Å²) in [5, 5.41) is 0. The van der Waals surface area contributed by atoms with E-state index in [2.05, 4.69) is 4.74 Å². The number of alkyl halides is 3. The number of aldehydes is 1. The van der Waals surface area contributed by atoms with E-state index in [4.69, 9.17) is 0 Å². The van der Waals surface area contributed by atoms with Crippen LogP contribution < -0.4 is 0 Å². The summed E-state index contributed by atoms with van der Waals surface area (Å²) in [6, 6.07) is 9.48. The van der Waals surface area contributed by atoms with Gasteiger partial charge in [0, 0.05) is 15.4 Å². The highest BCUT2D eigenvalue weighted by Crippen LogP contribution is 2.41. The number of esters is 1. The van der Waals surface area contributed by atoms with Crippen molar-refractivity contribution < 1.29 is 27.5 Å². The molecule has 0 radical (unpaired) electrons. The van der Waals surface area contributed by atoms with E-state index < -0.39 is 17.7 Å². The smallest absolute Gasteiger partial charge is 0.417 e. The van der Waals surface area contributed by atoms with Crippen LogP contribution in [0.15, 0.2) is 52.3 Å². The molecule has 2 rings (SSSR count). The van der Waals surface area contributed by atoms with E-state index >= 15 is 0 Å². The number of halogens is 3. The average Bonchev–Trinajstić information content (AvgIpc) is 2.53. The molecule has 0 aliphatic rings. The molecule has 0 saturated heterocycles. The van der Waals surface area contributed by atoms with Gasteiger partial charge >= 0.3 is 12.1 Å². The number of hydrogen-bond acceptors (Lipinski definition) is 4. The molecule has 0 fully saturated rings. The third kappa shape index (κ3) is 3.73. The number of methoxy groups -OCH3 is 1. The van der Waals surface area contributed by atoms with Gasteiger partial charge in [-0.1, -0.05) is 36.0 Å². The van der Waals surface area contributed by atoms with Crippen molar-refractivity contribution in [3.63, 3.8) is 0 Å². The minimum Gasteiger partial charge on any atom is -0.465 e. The standard InChI is InChI=1S/C16H11F3O3S/c1-22-15(21)11-6-2-3-8-13(11)23-14-10(9-20)5-4-7-12(14)16(17,18)19/h2-9H,1H3. The second-order valence-corrected chi connectivity index (χ2v) is 5.48. The van der Waals surface area contributed by atoms with Gasteiger partial charge in [-0.2, -0.15) is 13.2 Å². The first-order valence-electron chi connectivity index (χ1n) is 6.39. The van der Waals surface area contributed by atoms with Crippen molar-refractivity contribution in [1.82, 2.24) is 0 Å². The molecule has 0 amide bonds. The Bertz CT molecular complexity index is 742. The Morgan fingerprint density at radius 2 is 1.83 bits per heavy atom. The fraction of sp³-hybridized carbons (Fsp3) is 0.125. The van der Waals surface area contributed by atoms with Crippen LogP contribution in [0, 0.1) is 0 Å². The average molecular weight is 340 g/mol. The van der Waals surface area contributed by atoms with Gasteiger partial charge in [-0.15, -0.1) is 0 Å². The molecule has 0 aliphatic heterocycles. The fourth-order valence-corrected chi connectivity index (χ4v) is 3.08. The lowest BCUT2D eigenvalue weighted by Gasteiger charge is -2.15. The summed E-state index contributed by atoms with van der Waals surface area (Å²) in [7, 11) is 1.18. The zero-order valence-electron chi connectivity index (χ0n) is 11.9. The molecule has 0 N–H and O–H groups in total. The third-order valence-corrected chi connectivity index (χ3v) is 4.22. The lowest BCUT2D eigenvalue weighted by molar-refractivity contribution is -0.139. The Morgan fingerprint density at radius 1 is 1.13 bits per heavy atom. The van der Waals surface area contributed by atoms with E-state index in [9.17, 15) is 22.8 Å². The fourth-order valence-electron chi connectivity index (χ4n) is 1.93. The van der Waals surface area contributed by atoms with Crippen LogP contribution in [0.3, 0.4) is 0 Å². The van der Waals surface area contributed by atoms with E-state index in [1.807, 2.05) is 0 Å². The molecule has 0 bridgehead atoms. The monoisotopic (exact) mass is 340 g/mol. The Kier molecular flexibility index (Phi) is 5.10. The summed E-state index contributed by atoms with van der Waals surface area (Å²) < 4.78 is 44.1. The van der Waals surface area contributed by atoms with Crippen LogP contribution in [-0.2, 0) is 10.9 Å². The van der Waals surface area contributed by atoms with Gasteiger partial charge in [0.2, 0.25) is 0 Å².